The lowest BCUT2D eigenvalue weighted by atomic mass is 10.3. The van der Waals surface area contributed by atoms with E-state index in [9.17, 15) is 4.79 Å². The summed E-state index contributed by atoms with van der Waals surface area (Å²) < 4.78 is 0. The number of rotatable bonds is 0. The highest BCUT2D eigenvalue weighted by Gasteiger charge is 2.26. The van der Waals surface area contributed by atoms with Crippen LogP contribution in [0, 0.1) is 0 Å². The van der Waals surface area contributed by atoms with E-state index in [1.807, 2.05) is 0 Å². The molecule has 11 heavy (non-hydrogen) atoms. The SMILES string of the molecule is NC1N=C2N=CN=C2C(=O)N1. The Morgan fingerprint density at radius 3 is 3.27 bits per heavy atom. The summed E-state index contributed by atoms with van der Waals surface area (Å²) in [6.45, 7) is 0. The number of amidine groups is 1. The predicted molar refractivity (Wildman–Crippen MR) is 39.5 cm³/mol. The summed E-state index contributed by atoms with van der Waals surface area (Å²) >= 11 is 0. The molecule has 6 heteroatoms. The van der Waals surface area contributed by atoms with Crippen molar-refractivity contribution in [3.63, 3.8) is 0 Å². The van der Waals surface area contributed by atoms with Gasteiger partial charge in [-0.2, -0.15) is 0 Å². The van der Waals surface area contributed by atoms with Gasteiger partial charge in [0.2, 0.25) is 0 Å². The fourth-order valence-corrected chi connectivity index (χ4v) is 0.882. The van der Waals surface area contributed by atoms with Gasteiger partial charge in [-0.3, -0.25) is 10.5 Å². The Morgan fingerprint density at radius 2 is 2.45 bits per heavy atom. The van der Waals surface area contributed by atoms with Crippen LogP contribution in [0.5, 0.6) is 0 Å². The molecule has 2 heterocycles. The van der Waals surface area contributed by atoms with Crippen LogP contribution in [0.4, 0.5) is 0 Å². The lowest BCUT2D eigenvalue weighted by molar-refractivity contribution is -0.115. The van der Waals surface area contributed by atoms with E-state index in [-0.39, 0.29) is 11.6 Å². The molecule has 0 fully saturated rings. The lowest BCUT2D eigenvalue weighted by Gasteiger charge is -2.14. The van der Waals surface area contributed by atoms with Gasteiger partial charge in [0.05, 0.1) is 0 Å². The number of nitrogens with two attached hydrogens (primary N) is 1. The molecular weight excluding hydrogens is 146 g/mol. The van der Waals surface area contributed by atoms with Gasteiger partial charge >= 0.3 is 0 Å². The first kappa shape index (κ1) is 6.17. The van der Waals surface area contributed by atoms with E-state index in [2.05, 4.69) is 20.3 Å². The molecule has 0 bridgehead atoms. The summed E-state index contributed by atoms with van der Waals surface area (Å²) in [5.41, 5.74) is 5.58. The van der Waals surface area contributed by atoms with Crippen molar-refractivity contribution in [1.29, 1.82) is 0 Å². The maximum absolute atomic E-state index is 11.0. The second kappa shape index (κ2) is 1.96. The van der Waals surface area contributed by atoms with Crippen LogP contribution < -0.4 is 11.1 Å². The molecule has 0 aromatic carbocycles. The molecule has 2 aliphatic rings. The van der Waals surface area contributed by atoms with Crippen molar-refractivity contribution in [1.82, 2.24) is 5.32 Å². The van der Waals surface area contributed by atoms with Crippen molar-refractivity contribution in [2.75, 3.05) is 0 Å². The van der Waals surface area contributed by atoms with Crippen molar-refractivity contribution < 1.29 is 4.79 Å². The van der Waals surface area contributed by atoms with Crippen molar-refractivity contribution in [3.8, 4) is 0 Å². The molecule has 56 valence electrons. The van der Waals surface area contributed by atoms with Crippen LogP contribution in [0.1, 0.15) is 0 Å². The van der Waals surface area contributed by atoms with Crippen molar-refractivity contribution in [2.24, 2.45) is 20.7 Å². The summed E-state index contributed by atoms with van der Waals surface area (Å²) in [5, 5.41) is 2.39. The van der Waals surface area contributed by atoms with Crippen LogP contribution in [0.25, 0.3) is 0 Å². The Bertz CT molecular complexity index is 302. The fraction of sp³-hybridized carbons (Fsp3) is 0.200. The number of carbonyl (C=O) groups excluding carboxylic acids is 1. The van der Waals surface area contributed by atoms with Gasteiger partial charge in [-0.25, -0.2) is 15.0 Å². The van der Waals surface area contributed by atoms with Gasteiger partial charge < -0.3 is 5.32 Å². The van der Waals surface area contributed by atoms with E-state index < -0.39 is 6.29 Å². The third-order valence-corrected chi connectivity index (χ3v) is 1.33. The van der Waals surface area contributed by atoms with Gasteiger partial charge in [-0.1, -0.05) is 0 Å². The molecule has 0 aromatic rings. The van der Waals surface area contributed by atoms with E-state index in [1.165, 1.54) is 6.34 Å². The van der Waals surface area contributed by atoms with Gasteiger partial charge in [-0.05, 0) is 0 Å². The van der Waals surface area contributed by atoms with E-state index >= 15 is 0 Å². The molecule has 2 aliphatic heterocycles. The normalized spacial score (nSPS) is 27.4. The summed E-state index contributed by atoms with van der Waals surface area (Å²) in [7, 11) is 0. The van der Waals surface area contributed by atoms with Crippen LogP contribution in [0.3, 0.4) is 0 Å². The lowest BCUT2D eigenvalue weighted by Crippen LogP contribution is -2.49. The zero-order valence-electron chi connectivity index (χ0n) is 5.48. The largest absolute Gasteiger partial charge is 0.316 e. The average molecular weight is 151 g/mol. The third kappa shape index (κ3) is 0.838. The van der Waals surface area contributed by atoms with Crippen molar-refractivity contribution in [3.05, 3.63) is 0 Å². The monoisotopic (exact) mass is 151 g/mol. The molecule has 0 saturated heterocycles. The fourth-order valence-electron chi connectivity index (χ4n) is 0.882. The molecule has 0 saturated carbocycles. The van der Waals surface area contributed by atoms with Crippen molar-refractivity contribution in [2.45, 2.75) is 6.29 Å². The smallest absolute Gasteiger partial charge is 0.276 e. The highest BCUT2D eigenvalue weighted by atomic mass is 16.2. The molecule has 0 aromatic heterocycles. The zero-order valence-corrected chi connectivity index (χ0v) is 5.48. The van der Waals surface area contributed by atoms with E-state index in [4.69, 9.17) is 5.73 Å². The number of hydrogen-bond donors (Lipinski definition) is 2. The Morgan fingerprint density at radius 1 is 1.64 bits per heavy atom. The number of nitrogens with zero attached hydrogens (tertiary/aromatic N) is 3. The number of amides is 1. The van der Waals surface area contributed by atoms with E-state index in [1.54, 1.807) is 0 Å². The molecule has 0 radical (unpaired) electrons. The first-order valence-electron chi connectivity index (χ1n) is 3.02. The topological polar surface area (TPSA) is 92.2 Å². The Labute approximate surface area is 61.9 Å². The van der Waals surface area contributed by atoms with Crippen LogP contribution in [-0.2, 0) is 4.79 Å². The Hall–Kier alpha value is -1.56. The Balaban J connectivity index is 2.45. The number of fused-ring (bicyclic) bond motifs is 1. The summed E-state index contributed by atoms with van der Waals surface area (Å²) in [4.78, 5) is 22.3. The van der Waals surface area contributed by atoms with Gasteiger partial charge in [0, 0.05) is 0 Å². The summed E-state index contributed by atoms with van der Waals surface area (Å²) in [5.74, 6) is 0.00116. The first-order valence-corrected chi connectivity index (χ1v) is 3.02. The quantitative estimate of drug-likeness (QED) is 0.429. The molecular formula is C5H5N5O. The number of hydrogen-bond acceptors (Lipinski definition) is 5. The number of nitrogens with one attached hydrogen (secondary N) is 1. The van der Waals surface area contributed by atoms with Gasteiger partial charge in [0.25, 0.3) is 5.91 Å². The zero-order chi connectivity index (χ0) is 7.84. The second-order valence-corrected chi connectivity index (χ2v) is 2.09. The maximum atomic E-state index is 11.0. The summed E-state index contributed by atoms with van der Waals surface area (Å²) in [6.07, 6.45) is 0.595. The van der Waals surface area contributed by atoms with Gasteiger partial charge in [0.15, 0.2) is 17.8 Å². The average Bonchev–Trinajstić information content (AvgIpc) is 2.34. The minimum atomic E-state index is -0.688. The number of carbonyl (C=O) groups is 1. The molecule has 0 aliphatic carbocycles. The standard InChI is InChI=1S/C5H5N5O/c6-5-9-3-2(4(11)10-5)7-1-8-3/h1,5H,6H2,(H,10,11). The molecule has 3 N–H and O–H groups in total. The summed E-state index contributed by atoms with van der Waals surface area (Å²) in [6, 6.07) is 0. The first-order chi connectivity index (χ1) is 5.27. The van der Waals surface area contributed by atoms with Crippen LogP contribution in [0.15, 0.2) is 15.0 Å². The third-order valence-electron chi connectivity index (χ3n) is 1.33. The Kier molecular flexibility index (Phi) is 1.10. The minimum Gasteiger partial charge on any atom is -0.316 e. The van der Waals surface area contributed by atoms with Crippen molar-refractivity contribution >= 4 is 23.8 Å². The van der Waals surface area contributed by atoms with Gasteiger partial charge in [-0.15, -0.1) is 0 Å². The second-order valence-electron chi connectivity index (χ2n) is 2.09. The molecule has 1 atom stereocenters. The predicted octanol–water partition coefficient (Wildman–Crippen LogP) is -1.76. The molecule has 6 nitrogen and oxygen atoms in total. The highest BCUT2D eigenvalue weighted by Crippen LogP contribution is 2.00. The maximum Gasteiger partial charge on any atom is 0.276 e. The van der Waals surface area contributed by atoms with Gasteiger partial charge in [0.1, 0.15) is 6.34 Å². The highest BCUT2D eigenvalue weighted by molar-refractivity contribution is 6.69. The van der Waals surface area contributed by atoms with E-state index in [0.717, 1.165) is 0 Å². The molecule has 2 rings (SSSR count). The van der Waals surface area contributed by atoms with Crippen LogP contribution in [-0.4, -0.2) is 30.1 Å². The molecule has 1 amide bonds. The minimum absolute atomic E-state index is 0.242. The van der Waals surface area contributed by atoms with Crippen LogP contribution >= 0.6 is 0 Å². The molecule has 0 spiro atoms. The van der Waals surface area contributed by atoms with Crippen LogP contribution in [0.2, 0.25) is 0 Å². The number of aliphatic imine (C=N–C) groups is 3. The molecule has 1 unspecified atom stereocenters. The van der Waals surface area contributed by atoms with E-state index in [0.29, 0.717) is 5.84 Å².